The second kappa shape index (κ2) is 8.94. The fourth-order valence-electron chi connectivity index (χ4n) is 4.61. The van der Waals surface area contributed by atoms with Crippen LogP contribution in [0, 0.1) is 11.6 Å². The maximum Gasteiger partial charge on any atom is 0.320 e. The molecule has 0 aliphatic carbocycles. The minimum Gasteiger partial charge on any atom is -0.378 e. The van der Waals surface area contributed by atoms with Gasteiger partial charge in [-0.05, 0) is 48.9 Å². The average Bonchev–Trinajstić information content (AvgIpc) is 3.23. The third kappa shape index (κ3) is 4.23. The van der Waals surface area contributed by atoms with Crippen LogP contribution in [0.15, 0.2) is 48.5 Å². The minimum absolute atomic E-state index is 0.00772. The summed E-state index contributed by atoms with van der Waals surface area (Å²) in [5.74, 6) is -0.589. The third-order valence-electron chi connectivity index (χ3n) is 6.48. The highest BCUT2D eigenvalue weighted by molar-refractivity contribution is 5.76. The van der Waals surface area contributed by atoms with Gasteiger partial charge in [-0.2, -0.15) is 5.10 Å². The van der Waals surface area contributed by atoms with Crippen LogP contribution in [-0.4, -0.2) is 58.5 Å². The normalized spacial score (nSPS) is 17.1. The summed E-state index contributed by atoms with van der Waals surface area (Å²) in [4.78, 5) is 16.8. The van der Waals surface area contributed by atoms with Gasteiger partial charge in [-0.1, -0.05) is 12.1 Å². The van der Waals surface area contributed by atoms with Crippen molar-refractivity contribution in [3.63, 3.8) is 0 Å². The van der Waals surface area contributed by atoms with E-state index in [4.69, 9.17) is 9.84 Å². The van der Waals surface area contributed by atoms with Crippen LogP contribution < -0.4 is 0 Å². The van der Waals surface area contributed by atoms with Crippen LogP contribution in [0.25, 0.3) is 11.3 Å². The van der Waals surface area contributed by atoms with Crippen LogP contribution in [0.4, 0.5) is 13.6 Å². The Kier molecular flexibility index (Phi) is 5.85. The van der Waals surface area contributed by atoms with Crippen LogP contribution in [-0.2, 0) is 17.7 Å². The summed E-state index contributed by atoms with van der Waals surface area (Å²) in [5, 5.41) is 4.93. The number of carbonyl (C=O) groups excluding carboxylic acids is 1. The first-order valence-corrected chi connectivity index (χ1v) is 11.2. The molecule has 0 spiro atoms. The summed E-state index contributed by atoms with van der Waals surface area (Å²) in [7, 11) is 0. The van der Waals surface area contributed by atoms with Crippen molar-refractivity contribution >= 4 is 6.03 Å². The Morgan fingerprint density at radius 1 is 0.939 bits per heavy atom. The van der Waals surface area contributed by atoms with Crippen LogP contribution in [0.3, 0.4) is 0 Å². The van der Waals surface area contributed by atoms with E-state index in [2.05, 4.69) is 0 Å². The van der Waals surface area contributed by atoms with Crippen LogP contribution in [0.1, 0.15) is 29.8 Å². The number of nitrogens with zero attached hydrogens (tertiary/aromatic N) is 4. The number of rotatable bonds is 3. The van der Waals surface area contributed by atoms with Crippen LogP contribution in [0.5, 0.6) is 0 Å². The van der Waals surface area contributed by atoms with E-state index in [0.29, 0.717) is 45.8 Å². The van der Waals surface area contributed by atoms with E-state index in [1.165, 1.54) is 24.3 Å². The van der Waals surface area contributed by atoms with E-state index in [9.17, 15) is 13.6 Å². The zero-order chi connectivity index (χ0) is 22.9. The van der Waals surface area contributed by atoms with Gasteiger partial charge in [-0.15, -0.1) is 0 Å². The molecule has 0 N–H and O–H groups in total. The minimum atomic E-state index is -0.309. The molecule has 1 aromatic heterocycles. The van der Waals surface area contributed by atoms with Gasteiger partial charge < -0.3 is 14.5 Å². The molecule has 1 atom stereocenters. The number of benzene rings is 2. The largest absolute Gasteiger partial charge is 0.378 e. The molecule has 0 bridgehead atoms. The smallest absolute Gasteiger partial charge is 0.320 e. The number of carbonyl (C=O) groups is 1. The maximum absolute atomic E-state index is 13.6. The SMILES string of the molecule is CC(c1ccc(F)cc1)n1nc(-c2ccc(F)cc2)c2c1CCN(C(=O)N1CCOCC1)C2. The number of halogens is 2. The van der Waals surface area contributed by atoms with Gasteiger partial charge in [0, 0.05) is 42.9 Å². The number of aromatic nitrogens is 2. The third-order valence-corrected chi connectivity index (χ3v) is 6.48. The van der Waals surface area contributed by atoms with Gasteiger partial charge in [0.05, 0.1) is 31.5 Å². The lowest BCUT2D eigenvalue weighted by molar-refractivity contribution is 0.0421. The second-order valence-electron chi connectivity index (χ2n) is 8.51. The molecule has 1 fully saturated rings. The number of urea groups is 1. The molecule has 2 amide bonds. The van der Waals surface area contributed by atoms with Crippen LogP contribution >= 0.6 is 0 Å². The molecule has 2 aliphatic rings. The molecule has 5 rings (SSSR count). The number of hydrogen-bond donors (Lipinski definition) is 0. The zero-order valence-electron chi connectivity index (χ0n) is 18.5. The quantitative estimate of drug-likeness (QED) is 0.597. The van der Waals surface area contributed by atoms with Crippen molar-refractivity contribution in [1.82, 2.24) is 19.6 Å². The zero-order valence-corrected chi connectivity index (χ0v) is 18.5. The molecule has 3 heterocycles. The number of amides is 2. The standard InChI is InChI=1S/C25H26F2N4O2/c1-17(18-2-6-20(26)7-3-18)31-23-10-11-30(25(32)29-12-14-33-15-13-29)16-22(23)24(28-31)19-4-8-21(27)9-5-19/h2-9,17H,10-16H2,1H3. The van der Waals surface area contributed by atoms with Gasteiger partial charge in [0.15, 0.2) is 0 Å². The fraction of sp³-hybridized carbons (Fsp3) is 0.360. The first-order valence-electron chi connectivity index (χ1n) is 11.2. The lowest BCUT2D eigenvalue weighted by atomic mass is 10.00. The van der Waals surface area contributed by atoms with E-state index in [1.807, 2.05) is 21.4 Å². The number of hydrogen-bond acceptors (Lipinski definition) is 3. The molecule has 2 aliphatic heterocycles. The van der Waals surface area contributed by atoms with Gasteiger partial charge in [0.25, 0.3) is 0 Å². The van der Waals surface area contributed by atoms with Crippen LogP contribution in [0.2, 0.25) is 0 Å². The Labute approximate surface area is 191 Å². The molecular formula is C25H26F2N4O2. The predicted molar refractivity (Wildman–Crippen MR) is 120 cm³/mol. The van der Waals surface area contributed by atoms with Crippen molar-refractivity contribution in [3.8, 4) is 11.3 Å². The fourth-order valence-corrected chi connectivity index (χ4v) is 4.61. The second-order valence-corrected chi connectivity index (χ2v) is 8.51. The van der Waals surface area contributed by atoms with Gasteiger partial charge >= 0.3 is 6.03 Å². The first kappa shape index (κ1) is 21.6. The molecule has 2 aromatic carbocycles. The highest BCUT2D eigenvalue weighted by Crippen LogP contribution is 2.33. The Morgan fingerprint density at radius 3 is 2.24 bits per heavy atom. The van der Waals surface area contributed by atoms with E-state index in [0.717, 1.165) is 28.1 Å². The van der Waals surface area contributed by atoms with Crippen molar-refractivity contribution in [3.05, 3.63) is 77.0 Å². The maximum atomic E-state index is 13.6. The summed E-state index contributed by atoms with van der Waals surface area (Å²) in [6, 6.07) is 12.6. The lowest BCUT2D eigenvalue weighted by Crippen LogP contribution is -2.49. The molecular weight excluding hydrogens is 426 g/mol. The number of ether oxygens (including phenoxy) is 1. The Morgan fingerprint density at radius 2 is 1.58 bits per heavy atom. The highest BCUT2D eigenvalue weighted by atomic mass is 19.1. The summed E-state index contributed by atoms with van der Waals surface area (Å²) < 4.78 is 34.4. The molecule has 1 saturated heterocycles. The van der Waals surface area contributed by atoms with E-state index in [-0.39, 0.29) is 23.7 Å². The topological polar surface area (TPSA) is 50.6 Å². The summed E-state index contributed by atoms with van der Waals surface area (Å²) in [6.45, 7) is 5.35. The molecule has 1 unspecified atom stereocenters. The van der Waals surface area contributed by atoms with Crippen molar-refractivity contribution < 1.29 is 18.3 Å². The molecule has 3 aromatic rings. The molecule has 0 saturated carbocycles. The molecule has 172 valence electrons. The predicted octanol–water partition coefficient (Wildman–Crippen LogP) is 4.25. The summed E-state index contributed by atoms with van der Waals surface area (Å²) in [6.07, 6.45) is 0.658. The molecule has 0 radical (unpaired) electrons. The van der Waals surface area contributed by atoms with E-state index >= 15 is 0 Å². The van der Waals surface area contributed by atoms with Crippen molar-refractivity contribution in [2.75, 3.05) is 32.8 Å². The Hall–Kier alpha value is -3.26. The Bertz CT molecular complexity index is 1140. The van der Waals surface area contributed by atoms with Gasteiger partial charge in [-0.25, -0.2) is 13.6 Å². The number of morpholine rings is 1. The molecule has 6 nitrogen and oxygen atoms in total. The van der Waals surface area contributed by atoms with Crippen molar-refractivity contribution in [2.24, 2.45) is 0 Å². The molecule has 8 heteroatoms. The van der Waals surface area contributed by atoms with Crippen molar-refractivity contribution in [1.29, 1.82) is 0 Å². The Balaban J connectivity index is 1.52. The van der Waals surface area contributed by atoms with Crippen molar-refractivity contribution in [2.45, 2.75) is 25.9 Å². The average molecular weight is 453 g/mol. The molecule has 33 heavy (non-hydrogen) atoms. The number of fused-ring (bicyclic) bond motifs is 1. The van der Waals surface area contributed by atoms with Gasteiger partial charge in [0.1, 0.15) is 11.6 Å². The lowest BCUT2D eigenvalue weighted by Gasteiger charge is -2.35. The van der Waals surface area contributed by atoms with E-state index < -0.39 is 0 Å². The van der Waals surface area contributed by atoms with Gasteiger partial charge in [0.2, 0.25) is 0 Å². The van der Waals surface area contributed by atoms with Gasteiger partial charge in [-0.3, -0.25) is 4.68 Å². The highest BCUT2D eigenvalue weighted by Gasteiger charge is 2.32. The summed E-state index contributed by atoms with van der Waals surface area (Å²) >= 11 is 0. The first-order chi connectivity index (χ1) is 16.0. The monoisotopic (exact) mass is 452 g/mol. The van der Waals surface area contributed by atoms with E-state index in [1.54, 1.807) is 24.3 Å². The summed E-state index contributed by atoms with van der Waals surface area (Å²) in [5.41, 5.74) is 4.52.